The Kier molecular flexibility index (Phi) is 4.10. The zero-order chi connectivity index (χ0) is 20.7. The van der Waals surface area contributed by atoms with Crippen molar-refractivity contribution in [2.24, 2.45) is 0 Å². The lowest BCUT2D eigenvalue weighted by Crippen LogP contribution is -2.33. The van der Waals surface area contributed by atoms with Crippen LogP contribution in [0.4, 0.5) is 5.69 Å². The van der Waals surface area contributed by atoms with E-state index in [4.69, 9.17) is 0 Å². The van der Waals surface area contributed by atoms with E-state index in [-0.39, 0.29) is 11.2 Å². The molecule has 0 aliphatic rings. The number of nitro groups is 1. The fraction of sp³-hybridized carbons (Fsp3) is 0. The van der Waals surface area contributed by atoms with Crippen molar-refractivity contribution in [2.45, 2.75) is 0 Å². The van der Waals surface area contributed by atoms with Gasteiger partial charge < -0.3 is 4.98 Å². The van der Waals surface area contributed by atoms with E-state index in [9.17, 15) is 14.9 Å². The minimum Gasteiger partial charge on any atom is -0.311 e. The van der Waals surface area contributed by atoms with Gasteiger partial charge in [-0.2, -0.15) is 0 Å². The molecule has 1 N–H and O–H groups in total. The normalized spacial score (nSPS) is 11.1. The summed E-state index contributed by atoms with van der Waals surface area (Å²) in [4.78, 5) is 26.8. The van der Waals surface area contributed by atoms with E-state index in [0.717, 1.165) is 22.4 Å². The van der Waals surface area contributed by atoms with E-state index in [1.54, 1.807) is 10.5 Å². The fourth-order valence-electron chi connectivity index (χ4n) is 3.75. The summed E-state index contributed by atoms with van der Waals surface area (Å²) in [6.45, 7) is 0. The Morgan fingerprint density at radius 2 is 1.40 bits per heavy atom. The highest BCUT2D eigenvalue weighted by atomic mass is 16.6. The number of pyridine rings is 1. The van der Waals surface area contributed by atoms with Gasteiger partial charge in [0.1, 0.15) is 5.52 Å². The molecular formula is C24H16N3O3+. The second-order valence-corrected chi connectivity index (χ2v) is 6.99. The first kappa shape index (κ1) is 17.8. The Hall–Kier alpha value is -4.32. The number of nitrogens with zero attached hydrogens (tertiary/aromatic N) is 2. The Morgan fingerprint density at radius 1 is 0.733 bits per heavy atom. The summed E-state index contributed by atoms with van der Waals surface area (Å²) >= 11 is 0. The van der Waals surface area contributed by atoms with E-state index in [0.29, 0.717) is 16.6 Å². The Labute approximate surface area is 170 Å². The van der Waals surface area contributed by atoms with Crippen molar-refractivity contribution in [1.29, 1.82) is 0 Å². The number of aromatic amines is 1. The van der Waals surface area contributed by atoms with Gasteiger partial charge in [-0.3, -0.25) is 14.9 Å². The molecule has 0 aliphatic heterocycles. The van der Waals surface area contributed by atoms with Gasteiger partial charge in [0.05, 0.1) is 11.0 Å². The second kappa shape index (κ2) is 6.93. The summed E-state index contributed by atoms with van der Waals surface area (Å²) in [7, 11) is 0. The van der Waals surface area contributed by atoms with Crippen LogP contribution in [0.25, 0.3) is 38.9 Å². The molecule has 0 saturated carbocycles. The van der Waals surface area contributed by atoms with Gasteiger partial charge in [-0.25, -0.2) is 0 Å². The van der Waals surface area contributed by atoms with Crippen molar-refractivity contribution in [3.63, 3.8) is 0 Å². The molecule has 144 valence electrons. The summed E-state index contributed by atoms with van der Waals surface area (Å²) in [5.74, 6) is 0. The second-order valence-electron chi connectivity index (χ2n) is 6.99. The third kappa shape index (κ3) is 2.91. The molecule has 5 aromatic rings. The molecule has 0 bridgehead atoms. The Morgan fingerprint density at radius 3 is 2.07 bits per heavy atom. The molecule has 0 radical (unpaired) electrons. The Balaban J connectivity index is 1.97. The van der Waals surface area contributed by atoms with Gasteiger partial charge in [0.15, 0.2) is 0 Å². The van der Waals surface area contributed by atoms with Crippen molar-refractivity contribution in [3.05, 3.63) is 111 Å². The standard InChI is InChI=1S/C24H15N3O3/c28-24-23-14-18(16-7-3-1-4-8-16)13-21(17-9-5-2-6-10-17)26(23)22-15-19(27(29)30)11-12-20(22)25-24/h1-15H/p+1. The van der Waals surface area contributed by atoms with E-state index in [1.807, 2.05) is 72.8 Å². The maximum absolute atomic E-state index is 13.0. The highest BCUT2D eigenvalue weighted by Gasteiger charge is 2.23. The summed E-state index contributed by atoms with van der Waals surface area (Å²) in [6, 6.07) is 27.8. The predicted molar refractivity (Wildman–Crippen MR) is 115 cm³/mol. The molecule has 0 atom stereocenters. The maximum atomic E-state index is 13.0. The number of hydrogen-bond acceptors (Lipinski definition) is 3. The third-order valence-corrected chi connectivity index (χ3v) is 5.16. The van der Waals surface area contributed by atoms with Crippen molar-refractivity contribution in [2.75, 3.05) is 0 Å². The van der Waals surface area contributed by atoms with Crippen LogP contribution in [-0.4, -0.2) is 9.91 Å². The van der Waals surface area contributed by atoms with Crippen LogP contribution in [0.1, 0.15) is 0 Å². The predicted octanol–water partition coefficient (Wildman–Crippen LogP) is 4.51. The van der Waals surface area contributed by atoms with Gasteiger partial charge in [0.25, 0.3) is 11.2 Å². The van der Waals surface area contributed by atoms with Crippen molar-refractivity contribution in [3.8, 4) is 22.4 Å². The average molecular weight is 394 g/mol. The van der Waals surface area contributed by atoms with Gasteiger partial charge in [-0.15, -0.1) is 4.40 Å². The van der Waals surface area contributed by atoms with Crippen LogP contribution in [0.5, 0.6) is 0 Å². The Bertz CT molecular complexity index is 1480. The van der Waals surface area contributed by atoms with E-state index >= 15 is 0 Å². The van der Waals surface area contributed by atoms with Gasteiger partial charge in [0, 0.05) is 23.8 Å². The first-order valence-electron chi connectivity index (χ1n) is 9.43. The molecule has 0 fully saturated rings. The quantitative estimate of drug-likeness (QED) is 0.212. The smallest absolute Gasteiger partial charge is 0.311 e. The number of non-ortho nitro benzene ring substituents is 1. The van der Waals surface area contributed by atoms with Gasteiger partial charge >= 0.3 is 5.56 Å². The molecule has 5 rings (SSSR count). The maximum Gasteiger partial charge on any atom is 0.321 e. The first-order valence-corrected chi connectivity index (χ1v) is 9.43. The van der Waals surface area contributed by atoms with Crippen LogP contribution >= 0.6 is 0 Å². The minimum atomic E-state index is -0.433. The van der Waals surface area contributed by atoms with E-state index in [1.165, 1.54) is 12.1 Å². The number of nitrogens with one attached hydrogen (secondary N) is 1. The zero-order valence-electron chi connectivity index (χ0n) is 15.8. The van der Waals surface area contributed by atoms with Crippen LogP contribution < -0.4 is 9.96 Å². The number of aromatic nitrogens is 2. The van der Waals surface area contributed by atoms with Crippen molar-refractivity contribution in [1.82, 2.24) is 4.98 Å². The van der Waals surface area contributed by atoms with Crippen LogP contribution in [0.3, 0.4) is 0 Å². The molecule has 2 aromatic heterocycles. The molecule has 3 aromatic carbocycles. The van der Waals surface area contributed by atoms with Crippen LogP contribution in [0.15, 0.2) is 95.8 Å². The van der Waals surface area contributed by atoms with Gasteiger partial charge in [0.2, 0.25) is 11.2 Å². The highest BCUT2D eigenvalue weighted by Crippen LogP contribution is 2.26. The fourth-order valence-corrected chi connectivity index (χ4v) is 3.75. The minimum absolute atomic E-state index is 0.0329. The number of fused-ring (bicyclic) bond motifs is 3. The van der Waals surface area contributed by atoms with E-state index in [2.05, 4.69) is 4.98 Å². The SMILES string of the molecule is O=c1[nH]c2ccc([N+](=O)[O-])cc2[n+]2c(-c3ccccc3)cc(-c3ccccc3)cc12. The summed E-state index contributed by atoms with van der Waals surface area (Å²) < 4.78 is 1.79. The molecule has 2 heterocycles. The van der Waals surface area contributed by atoms with Crippen molar-refractivity contribution < 1.29 is 9.32 Å². The number of H-pyrrole nitrogens is 1. The zero-order valence-corrected chi connectivity index (χ0v) is 15.8. The lowest BCUT2D eigenvalue weighted by Gasteiger charge is -2.07. The lowest BCUT2D eigenvalue weighted by atomic mass is 10.0. The molecule has 6 nitrogen and oxygen atoms in total. The number of hydrogen-bond donors (Lipinski definition) is 1. The number of rotatable bonds is 3. The van der Waals surface area contributed by atoms with Crippen molar-refractivity contribution >= 4 is 22.2 Å². The topological polar surface area (TPSA) is 80.1 Å². The molecule has 6 heteroatoms. The summed E-state index contributed by atoms with van der Waals surface area (Å²) in [5, 5.41) is 11.4. The summed E-state index contributed by atoms with van der Waals surface area (Å²) in [5.41, 5.74) is 4.79. The average Bonchev–Trinajstić information content (AvgIpc) is 2.79. The van der Waals surface area contributed by atoms with E-state index < -0.39 is 4.92 Å². The molecule has 0 spiro atoms. The number of nitro benzene ring substituents is 1. The van der Waals surface area contributed by atoms with Gasteiger partial charge in [-0.05, 0) is 29.3 Å². The molecule has 30 heavy (non-hydrogen) atoms. The molecule has 0 saturated heterocycles. The van der Waals surface area contributed by atoms with Crippen LogP contribution in [0.2, 0.25) is 0 Å². The number of benzene rings is 3. The lowest BCUT2D eigenvalue weighted by molar-refractivity contribution is -0.470. The molecular weight excluding hydrogens is 378 g/mol. The molecule has 0 unspecified atom stereocenters. The highest BCUT2D eigenvalue weighted by molar-refractivity contribution is 5.79. The molecule has 0 amide bonds. The third-order valence-electron chi connectivity index (χ3n) is 5.16. The van der Waals surface area contributed by atoms with Crippen LogP contribution in [0, 0.1) is 10.1 Å². The summed E-state index contributed by atoms with van der Waals surface area (Å²) in [6.07, 6.45) is 0. The van der Waals surface area contributed by atoms with Crippen LogP contribution in [-0.2, 0) is 0 Å². The van der Waals surface area contributed by atoms with Gasteiger partial charge in [-0.1, -0.05) is 48.5 Å². The monoisotopic (exact) mass is 394 g/mol. The largest absolute Gasteiger partial charge is 0.321 e. The first-order chi connectivity index (χ1) is 14.6. The molecule has 0 aliphatic carbocycles.